The molecule has 180 valence electrons. The van der Waals surface area contributed by atoms with E-state index < -0.39 is 58.4 Å². The lowest BCUT2D eigenvalue weighted by molar-refractivity contribution is -0.155. The summed E-state index contributed by atoms with van der Waals surface area (Å²) in [5, 5.41) is 15.9. The molecule has 2 bridgehead atoms. The molecule has 2 amide bonds. The van der Waals surface area contributed by atoms with Gasteiger partial charge in [0.15, 0.2) is 36.0 Å². The smallest absolute Gasteiger partial charge is 0.261 e. The molecule has 1 heterocycles. The average molecular weight is 480 g/mol. The maximum absolute atomic E-state index is 13.5. The van der Waals surface area contributed by atoms with E-state index in [4.69, 9.17) is 9.47 Å². The SMILES string of the molecule is O=C(COc1ccc(F)c(F)c1)NC12CC(NC(=O)[C@H]3C[C@@H](O)c4cc(F)c(F)cc4O3)(C1)C2. The monoisotopic (exact) mass is 480 g/mol. The van der Waals surface area contributed by atoms with E-state index >= 15 is 0 Å². The van der Waals surface area contributed by atoms with Gasteiger partial charge in [-0.2, -0.15) is 0 Å². The van der Waals surface area contributed by atoms with E-state index in [2.05, 4.69) is 10.6 Å². The third-order valence-electron chi connectivity index (χ3n) is 6.49. The van der Waals surface area contributed by atoms with E-state index in [1.807, 2.05) is 0 Å². The molecule has 1 aliphatic heterocycles. The normalized spacial score (nSPS) is 28.5. The van der Waals surface area contributed by atoms with Crippen molar-refractivity contribution in [3.63, 3.8) is 0 Å². The number of carbonyl (C=O) groups excluding carboxylic acids is 2. The van der Waals surface area contributed by atoms with Gasteiger partial charge in [0.05, 0.1) is 6.10 Å². The minimum atomic E-state index is -1.18. The van der Waals surface area contributed by atoms with Crippen molar-refractivity contribution in [2.24, 2.45) is 0 Å². The van der Waals surface area contributed by atoms with Crippen LogP contribution in [-0.4, -0.2) is 40.7 Å². The topological polar surface area (TPSA) is 96.9 Å². The van der Waals surface area contributed by atoms with Crippen LogP contribution in [0.2, 0.25) is 0 Å². The van der Waals surface area contributed by atoms with Gasteiger partial charge in [0, 0.05) is 35.2 Å². The zero-order valence-corrected chi connectivity index (χ0v) is 17.7. The molecule has 3 aliphatic carbocycles. The molecule has 0 saturated heterocycles. The molecule has 34 heavy (non-hydrogen) atoms. The number of nitrogens with one attached hydrogen (secondary N) is 2. The van der Waals surface area contributed by atoms with Crippen LogP contribution >= 0.6 is 0 Å². The van der Waals surface area contributed by atoms with Gasteiger partial charge in [0.2, 0.25) is 0 Å². The van der Waals surface area contributed by atoms with Gasteiger partial charge in [-0.25, -0.2) is 17.6 Å². The molecule has 2 aromatic rings. The third kappa shape index (κ3) is 3.93. The Morgan fingerprint density at radius 3 is 2.32 bits per heavy atom. The Morgan fingerprint density at radius 2 is 1.62 bits per heavy atom. The van der Waals surface area contributed by atoms with Crippen molar-refractivity contribution < 1.29 is 41.7 Å². The van der Waals surface area contributed by atoms with Gasteiger partial charge < -0.3 is 25.2 Å². The maximum Gasteiger partial charge on any atom is 0.261 e. The number of hydrogen-bond donors (Lipinski definition) is 3. The van der Waals surface area contributed by atoms with Crippen LogP contribution in [0.25, 0.3) is 0 Å². The van der Waals surface area contributed by atoms with Crippen LogP contribution in [0.4, 0.5) is 17.6 Å². The molecule has 0 aromatic heterocycles. The third-order valence-corrected chi connectivity index (χ3v) is 6.49. The maximum atomic E-state index is 13.5. The molecule has 0 radical (unpaired) electrons. The summed E-state index contributed by atoms with van der Waals surface area (Å²) in [6.45, 7) is -0.378. The van der Waals surface area contributed by atoms with E-state index in [1.165, 1.54) is 6.07 Å². The molecule has 11 heteroatoms. The highest BCUT2D eigenvalue weighted by Crippen LogP contribution is 2.60. The highest BCUT2D eigenvalue weighted by atomic mass is 19.2. The van der Waals surface area contributed by atoms with Gasteiger partial charge in [0.25, 0.3) is 11.8 Å². The fourth-order valence-corrected chi connectivity index (χ4v) is 5.04. The first-order valence-corrected chi connectivity index (χ1v) is 10.6. The molecule has 6 rings (SSSR count). The van der Waals surface area contributed by atoms with Crippen LogP contribution in [-0.2, 0) is 9.59 Å². The van der Waals surface area contributed by atoms with Gasteiger partial charge in [-0.05, 0) is 37.5 Å². The lowest BCUT2D eigenvalue weighted by Gasteiger charge is -2.70. The Balaban J connectivity index is 1.11. The number of hydrogen-bond acceptors (Lipinski definition) is 5. The van der Waals surface area contributed by atoms with Crippen LogP contribution in [0.1, 0.15) is 37.4 Å². The Hall–Kier alpha value is -3.34. The first-order chi connectivity index (χ1) is 16.1. The molecule has 4 aliphatic rings. The number of ether oxygens (including phenoxy) is 2. The summed E-state index contributed by atoms with van der Waals surface area (Å²) in [6.07, 6.45) is -0.917. The van der Waals surface area contributed by atoms with Gasteiger partial charge in [-0.1, -0.05) is 0 Å². The van der Waals surface area contributed by atoms with Crippen molar-refractivity contribution in [2.75, 3.05) is 6.61 Å². The zero-order valence-electron chi connectivity index (χ0n) is 17.7. The molecule has 2 aromatic carbocycles. The van der Waals surface area contributed by atoms with Crippen LogP contribution in [0.5, 0.6) is 11.5 Å². The van der Waals surface area contributed by atoms with Crippen LogP contribution in [0.15, 0.2) is 30.3 Å². The number of aliphatic hydroxyl groups is 1. The first kappa shape index (κ1) is 22.5. The van der Waals surface area contributed by atoms with Crippen LogP contribution < -0.4 is 20.1 Å². The lowest BCUT2D eigenvalue weighted by atomic mass is 9.44. The van der Waals surface area contributed by atoms with Crippen molar-refractivity contribution in [1.82, 2.24) is 10.6 Å². The van der Waals surface area contributed by atoms with Crippen LogP contribution in [0.3, 0.4) is 0 Å². The summed E-state index contributed by atoms with van der Waals surface area (Å²) < 4.78 is 63.8. The van der Waals surface area contributed by atoms with E-state index in [0.29, 0.717) is 19.3 Å². The van der Waals surface area contributed by atoms with Crippen molar-refractivity contribution >= 4 is 11.8 Å². The molecular weight excluding hydrogens is 460 g/mol. The fraction of sp³-hybridized carbons (Fsp3) is 0.391. The van der Waals surface area contributed by atoms with E-state index in [9.17, 15) is 32.3 Å². The molecule has 3 fully saturated rings. The summed E-state index contributed by atoms with van der Waals surface area (Å²) in [4.78, 5) is 24.9. The molecule has 7 nitrogen and oxygen atoms in total. The summed E-state index contributed by atoms with van der Waals surface area (Å²) in [6, 6.07) is 4.62. The van der Waals surface area contributed by atoms with Gasteiger partial charge >= 0.3 is 0 Å². The number of benzene rings is 2. The van der Waals surface area contributed by atoms with E-state index in [0.717, 1.165) is 24.3 Å². The number of amides is 2. The number of aliphatic hydroxyl groups excluding tert-OH is 1. The predicted octanol–water partition coefficient (Wildman–Crippen LogP) is 2.41. The number of rotatable bonds is 6. The van der Waals surface area contributed by atoms with Gasteiger partial charge in [0.1, 0.15) is 11.5 Å². The molecule has 3 N–H and O–H groups in total. The quantitative estimate of drug-likeness (QED) is 0.552. The largest absolute Gasteiger partial charge is 0.484 e. The summed E-state index contributed by atoms with van der Waals surface area (Å²) in [7, 11) is 0. The molecular formula is C23H20F4N2O5. The zero-order chi connectivity index (χ0) is 24.3. The molecule has 0 unspecified atom stereocenters. The summed E-state index contributed by atoms with van der Waals surface area (Å²) in [5.41, 5.74) is -0.920. The van der Waals surface area contributed by atoms with Gasteiger partial charge in [-0.15, -0.1) is 0 Å². The summed E-state index contributed by atoms with van der Waals surface area (Å²) >= 11 is 0. The van der Waals surface area contributed by atoms with Gasteiger partial charge in [-0.3, -0.25) is 9.59 Å². The molecule has 2 atom stereocenters. The van der Waals surface area contributed by atoms with Crippen molar-refractivity contribution in [1.29, 1.82) is 0 Å². The van der Waals surface area contributed by atoms with Crippen molar-refractivity contribution in [2.45, 2.75) is 49.0 Å². The Labute approximate surface area is 191 Å². The second-order valence-corrected chi connectivity index (χ2v) is 9.16. The Morgan fingerprint density at radius 1 is 0.971 bits per heavy atom. The summed E-state index contributed by atoms with van der Waals surface area (Å²) in [5.74, 6) is -5.33. The fourth-order valence-electron chi connectivity index (χ4n) is 5.04. The van der Waals surface area contributed by atoms with Crippen molar-refractivity contribution in [3.05, 3.63) is 59.2 Å². The van der Waals surface area contributed by atoms with E-state index in [1.54, 1.807) is 0 Å². The lowest BCUT2D eigenvalue weighted by Crippen LogP contribution is -2.84. The standard InChI is InChI=1S/C23H20F4N2O5/c24-13-2-1-11(3-14(13)25)33-7-20(31)28-22-8-23(9-22,10-22)29-21(32)19-6-17(30)12-4-15(26)16(27)5-18(12)34-19/h1-5,17,19,30H,6-10H2,(H,28,31)(H,29,32)/t17-,19-,22?,23?/m1/s1. The minimum Gasteiger partial charge on any atom is -0.484 e. The Kier molecular flexibility index (Phi) is 5.19. The average Bonchev–Trinajstić information content (AvgIpc) is 2.73. The Bertz CT molecular complexity index is 1170. The number of fused-ring (bicyclic) bond motifs is 1. The highest BCUT2D eigenvalue weighted by Gasteiger charge is 2.69. The minimum absolute atomic E-state index is 0.0224. The number of carbonyl (C=O) groups is 2. The predicted molar refractivity (Wildman–Crippen MR) is 108 cm³/mol. The van der Waals surface area contributed by atoms with Crippen molar-refractivity contribution in [3.8, 4) is 11.5 Å². The second kappa shape index (κ2) is 7.86. The first-order valence-electron chi connectivity index (χ1n) is 10.6. The molecule has 0 spiro atoms. The van der Waals surface area contributed by atoms with Crippen LogP contribution in [0, 0.1) is 23.3 Å². The highest BCUT2D eigenvalue weighted by molar-refractivity contribution is 5.84. The number of halogens is 4. The second-order valence-electron chi connectivity index (χ2n) is 9.16. The molecule has 3 saturated carbocycles. The van der Waals surface area contributed by atoms with E-state index in [-0.39, 0.29) is 30.1 Å².